The van der Waals surface area contributed by atoms with Crippen molar-refractivity contribution in [3.8, 4) is 0 Å². The van der Waals surface area contributed by atoms with Gasteiger partial charge in [0.15, 0.2) is 0 Å². The molecule has 3 saturated heterocycles. The van der Waals surface area contributed by atoms with Gasteiger partial charge in [0.25, 0.3) is 0 Å². The number of rotatable bonds is 6. The van der Waals surface area contributed by atoms with Gasteiger partial charge in [-0.3, -0.25) is 14.3 Å². The molecule has 7 heteroatoms. The number of hydrogen-bond acceptors (Lipinski definition) is 3. The first kappa shape index (κ1) is 21.2. The van der Waals surface area contributed by atoms with Crippen LogP contribution in [-0.2, 0) is 22.6 Å². The van der Waals surface area contributed by atoms with E-state index >= 15 is 0 Å². The number of piperidine rings is 3. The summed E-state index contributed by atoms with van der Waals surface area (Å²) in [4.78, 5) is 30.2. The molecule has 4 atom stereocenters. The second-order valence-electron chi connectivity index (χ2n) is 9.59. The van der Waals surface area contributed by atoms with Gasteiger partial charge in [0.2, 0.25) is 11.8 Å². The first-order valence-corrected chi connectivity index (χ1v) is 11.9. The Balaban J connectivity index is 1.31. The lowest BCUT2D eigenvalue weighted by Crippen LogP contribution is -2.66. The van der Waals surface area contributed by atoms with E-state index in [-0.39, 0.29) is 35.6 Å². The predicted molar refractivity (Wildman–Crippen MR) is 118 cm³/mol. The van der Waals surface area contributed by atoms with Crippen molar-refractivity contribution >= 4 is 11.8 Å². The van der Waals surface area contributed by atoms with Crippen LogP contribution in [0.1, 0.15) is 44.1 Å². The lowest BCUT2D eigenvalue weighted by molar-refractivity contribution is -0.156. The van der Waals surface area contributed by atoms with E-state index in [1.54, 1.807) is 18.3 Å². The van der Waals surface area contributed by atoms with Gasteiger partial charge in [0.05, 0.1) is 0 Å². The minimum atomic E-state index is -0.240. The van der Waals surface area contributed by atoms with Crippen molar-refractivity contribution in [3.63, 3.8) is 0 Å². The van der Waals surface area contributed by atoms with Crippen molar-refractivity contribution in [2.75, 3.05) is 13.1 Å². The highest BCUT2D eigenvalue weighted by Gasteiger charge is 2.49. The number of likely N-dealkylation sites (tertiary alicyclic amines) is 1. The van der Waals surface area contributed by atoms with E-state index in [0.717, 1.165) is 44.3 Å². The molecule has 4 heterocycles. The summed E-state index contributed by atoms with van der Waals surface area (Å²) in [5, 5.41) is 4.21. The maximum atomic E-state index is 13.8. The van der Waals surface area contributed by atoms with Gasteiger partial charge < -0.3 is 9.80 Å². The third-order valence-electron chi connectivity index (χ3n) is 7.52. The van der Waals surface area contributed by atoms with E-state index in [9.17, 15) is 14.0 Å². The summed E-state index contributed by atoms with van der Waals surface area (Å²) in [6.45, 7) is 2.18. The molecule has 0 aliphatic carbocycles. The van der Waals surface area contributed by atoms with Crippen molar-refractivity contribution in [3.05, 3.63) is 54.1 Å². The molecule has 0 radical (unpaired) electrons. The van der Waals surface area contributed by atoms with Crippen molar-refractivity contribution in [1.29, 1.82) is 0 Å². The van der Waals surface area contributed by atoms with E-state index in [4.69, 9.17) is 0 Å². The molecule has 0 spiro atoms. The summed E-state index contributed by atoms with van der Waals surface area (Å²) in [7, 11) is 0. The molecule has 3 aliphatic heterocycles. The summed E-state index contributed by atoms with van der Waals surface area (Å²) >= 11 is 0. The van der Waals surface area contributed by atoms with Crippen LogP contribution in [-0.4, -0.2) is 56.6 Å². The molecule has 2 aromatic rings. The Kier molecular flexibility index (Phi) is 5.98. The topological polar surface area (TPSA) is 58.4 Å². The van der Waals surface area contributed by atoms with Crippen molar-refractivity contribution < 1.29 is 14.0 Å². The fourth-order valence-corrected chi connectivity index (χ4v) is 6.13. The zero-order valence-electron chi connectivity index (χ0n) is 18.4. The molecule has 1 aromatic carbocycles. The van der Waals surface area contributed by atoms with Gasteiger partial charge in [-0.05, 0) is 67.7 Å². The molecule has 0 N–H and O–H groups in total. The monoisotopic (exact) mass is 438 g/mol. The average Bonchev–Trinajstić information content (AvgIpc) is 3.30. The van der Waals surface area contributed by atoms with Crippen LogP contribution in [0, 0.1) is 17.7 Å². The maximum absolute atomic E-state index is 13.8. The average molecular weight is 439 g/mol. The van der Waals surface area contributed by atoms with Crippen LogP contribution >= 0.6 is 0 Å². The van der Waals surface area contributed by atoms with E-state index in [0.29, 0.717) is 31.7 Å². The molecular formula is C25H31FN4O2. The number of hydrogen-bond donors (Lipinski definition) is 0. The number of carbonyl (C=O) groups is 2. The lowest BCUT2D eigenvalue weighted by atomic mass is 9.70. The maximum Gasteiger partial charge on any atom is 0.223 e. The number of aryl methyl sites for hydroxylation is 1. The molecular weight excluding hydrogens is 407 g/mol. The third kappa shape index (κ3) is 4.30. The highest BCUT2D eigenvalue weighted by atomic mass is 19.1. The van der Waals surface area contributed by atoms with Gasteiger partial charge in [0.1, 0.15) is 5.82 Å². The number of aromatic nitrogens is 2. The van der Waals surface area contributed by atoms with E-state index in [1.165, 1.54) is 6.07 Å². The Labute approximate surface area is 188 Å². The number of carbonyl (C=O) groups excluding carboxylic acids is 2. The molecule has 32 heavy (non-hydrogen) atoms. The molecule has 0 saturated carbocycles. The number of benzene rings is 1. The van der Waals surface area contributed by atoms with Crippen LogP contribution in [0.15, 0.2) is 42.7 Å². The number of fused-ring (bicyclic) bond motifs is 4. The molecule has 0 unspecified atom stereocenters. The van der Waals surface area contributed by atoms with Crippen LogP contribution in [0.5, 0.6) is 0 Å². The zero-order chi connectivity index (χ0) is 22.1. The Morgan fingerprint density at radius 3 is 2.88 bits per heavy atom. The second-order valence-corrected chi connectivity index (χ2v) is 9.59. The predicted octanol–water partition coefficient (Wildman–Crippen LogP) is 3.27. The Morgan fingerprint density at radius 1 is 1.19 bits per heavy atom. The number of nitrogens with zero attached hydrogens (tertiary/aromatic N) is 4. The van der Waals surface area contributed by atoms with E-state index < -0.39 is 0 Å². The van der Waals surface area contributed by atoms with Gasteiger partial charge in [-0.2, -0.15) is 5.10 Å². The first-order valence-electron chi connectivity index (χ1n) is 11.9. The molecule has 170 valence electrons. The normalized spacial score (nSPS) is 27.3. The van der Waals surface area contributed by atoms with Gasteiger partial charge >= 0.3 is 0 Å². The van der Waals surface area contributed by atoms with E-state index in [1.807, 2.05) is 27.9 Å². The quantitative estimate of drug-likeness (QED) is 0.696. The second kappa shape index (κ2) is 9.04. The fraction of sp³-hybridized carbons (Fsp3) is 0.560. The van der Waals surface area contributed by atoms with Gasteiger partial charge in [-0.15, -0.1) is 0 Å². The fourth-order valence-electron chi connectivity index (χ4n) is 6.13. The van der Waals surface area contributed by atoms with Crippen molar-refractivity contribution in [2.24, 2.45) is 11.8 Å². The molecule has 3 aliphatic rings. The number of amides is 2. The standard InChI is InChI=1S/C25H31FN4O2/c26-21-6-1-5-18(13-21)14-23-20-15-19(22-7-2-8-25(32)30(22)23)16-28(17-20)24(31)9-3-11-29-12-4-10-27-29/h1,4-6,10,12-13,19-20,22-23H,2-3,7-9,11,14-17H2/t19-,20+,22+,23+/m1/s1. The van der Waals surface area contributed by atoms with Crippen molar-refractivity contribution in [2.45, 2.75) is 63.6 Å². The van der Waals surface area contributed by atoms with Crippen LogP contribution in [0.25, 0.3) is 0 Å². The SMILES string of the molecule is O=C(CCCn1cccn1)N1C[C@H]2C[C@@H](C1)[C@H](Cc1cccc(F)c1)N1C(=O)CCC[C@@H]21. The number of halogens is 1. The minimum Gasteiger partial charge on any atom is -0.342 e. The summed E-state index contributed by atoms with van der Waals surface area (Å²) in [6.07, 6.45) is 9.19. The van der Waals surface area contributed by atoms with Gasteiger partial charge in [-0.1, -0.05) is 12.1 Å². The minimum absolute atomic E-state index is 0.0329. The molecule has 3 fully saturated rings. The van der Waals surface area contributed by atoms with Crippen LogP contribution in [0.3, 0.4) is 0 Å². The van der Waals surface area contributed by atoms with Crippen LogP contribution < -0.4 is 0 Å². The highest BCUT2D eigenvalue weighted by molar-refractivity contribution is 5.79. The molecule has 2 amide bonds. The van der Waals surface area contributed by atoms with Crippen molar-refractivity contribution in [1.82, 2.24) is 19.6 Å². The zero-order valence-corrected chi connectivity index (χ0v) is 18.4. The largest absolute Gasteiger partial charge is 0.342 e. The van der Waals surface area contributed by atoms with Crippen LogP contribution in [0.2, 0.25) is 0 Å². The summed E-state index contributed by atoms with van der Waals surface area (Å²) in [5.74, 6) is 0.779. The Morgan fingerprint density at radius 2 is 2.06 bits per heavy atom. The van der Waals surface area contributed by atoms with Gasteiger partial charge in [0, 0.05) is 57.0 Å². The van der Waals surface area contributed by atoms with Gasteiger partial charge in [-0.25, -0.2) is 4.39 Å². The lowest BCUT2D eigenvalue weighted by Gasteiger charge is -2.56. The summed E-state index contributed by atoms with van der Waals surface area (Å²) in [5.41, 5.74) is 0.924. The Bertz CT molecular complexity index is 963. The summed E-state index contributed by atoms with van der Waals surface area (Å²) < 4.78 is 15.7. The molecule has 2 bridgehead atoms. The summed E-state index contributed by atoms with van der Waals surface area (Å²) in [6, 6.07) is 8.85. The van der Waals surface area contributed by atoms with E-state index in [2.05, 4.69) is 10.00 Å². The molecule has 1 aromatic heterocycles. The highest BCUT2D eigenvalue weighted by Crippen LogP contribution is 2.42. The van der Waals surface area contributed by atoms with Crippen LogP contribution in [0.4, 0.5) is 4.39 Å². The third-order valence-corrected chi connectivity index (χ3v) is 7.52. The Hall–Kier alpha value is -2.70. The smallest absolute Gasteiger partial charge is 0.223 e. The molecule has 5 rings (SSSR count). The first-order chi connectivity index (χ1) is 15.6. The molecule has 6 nitrogen and oxygen atoms in total.